The number of anilines is 1. The van der Waals surface area contributed by atoms with Crippen LogP contribution in [0.15, 0.2) is 41.2 Å². The van der Waals surface area contributed by atoms with Crippen molar-refractivity contribution < 1.29 is 27.2 Å². The molecule has 2 amide bonds. The summed E-state index contributed by atoms with van der Waals surface area (Å²) in [6.45, 7) is 1.82. The first kappa shape index (κ1) is 23.7. The minimum Gasteiger partial charge on any atom is -0.472 e. The highest BCUT2D eigenvalue weighted by Crippen LogP contribution is 2.39. The first-order valence-corrected chi connectivity index (χ1v) is 11.1. The normalized spacial score (nSPS) is 21.4. The molecule has 0 bridgehead atoms. The van der Waals surface area contributed by atoms with Crippen LogP contribution in [-0.4, -0.2) is 49.9 Å². The van der Waals surface area contributed by atoms with Gasteiger partial charge in [-0.05, 0) is 48.9 Å². The second-order valence-corrected chi connectivity index (χ2v) is 8.77. The van der Waals surface area contributed by atoms with Gasteiger partial charge in [0.2, 0.25) is 5.91 Å². The van der Waals surface area contributed by atoms with E-state index in [1.165, 1.54) is 18.6 Å². The van der Waals surface area contributed by atoms with Crippen molar-refractivity contribution in [1.82, 2.24) is 10.2 Å². The number of nitrogens with one attached hydrogen (secondary N) is 1. The summed E-state index contributed by atoms with van der Waals surface area (Å²) in [7, 11) is 1.58. The highest BCUT2D eigenvalue weighted by molar-refractivity contribution is 5.94. The minimum absolute atomic E-state index is 0.0374. The fourth-order valence-corrected chi connectivity index (χ4v) is 5.15. The predicted molar refractivity (Wildman–Crippen MR) is 117 cm³/mol. The third kappa shape index (κ3) is 4.60. The topological polar surface area (TPSA) is 89.6 Å². The van der Waals surface area contributed by atoms with E-state index in [1.807, 2.05) is 4.90 Å². The number of alkyl halides is 3. The van der Waals surface area contributed by atoms with Crippen LogP contribution < -0.4 is 10.2 Å². The lowest BCUT2D eigenvalue weighted by molar-refractivity contribution is -0.137. The van der Waals surface area contributed by atoms with E-state index in [0.717, 1.165) is 6.07 Å². The molecule has 0 radical (unpaired) electrons. The van der Waals surface area contributed by atoms with Gasteiger partial charge in [0.05, 0.1) is 34.9 Å². The van der Waals surface area contributed by atoms with Gasteiger partial charge in [-0.25, -0.2) is 0 Å². The summed E-state index contributed by atoms with van der Waals surface area (Å²) >= 11 is 0. The van der Waals surface area contributed by atoms with Gasteiger partial charge in [0, 0.05) is 38.9 Å². The molecule has 3 heterocycles. The van der Waals surface area contributed by atoms with E-state index in [-0.39, 0.29) is 29.6 Å². The van der Waals surface area contributed by atoms with E-state index < -0.39 is 17.3 Å². The van der Waals surface area contributed by atoms with Gasteiger partial charge in [0.15, 0.2) is 0 Å². The van der Waals surface area contributed by atoms with Crippen LogP contribution in [0.3, 0.4) is 0 Å². The summed E-state index contributed by atoms with van der Waals surface area (Å²) in [5.74, 6) is -0.522. The second kappa shape index (κ2) is 9.41. The number of halogens is 3. The predicted octanol–water partition coefficient (Wildman–Crippen LogP) is 3.52. The van der Waals surface area contributed by atoms with Crippen molar-refractivity contribution in [2.75, 3.05) is 38.1 Å². The summed E-state index contributed by atoms with van der Waals surface area (Å²) in [5.41, 5.74) is -0.463. The highest BCUT2D eigenvalue weighted by Gasteiger charge is 2.44. The smallest absolute Gasteiger partial charge is 0.417 e. The summed E-state index contributed by atoms with van der Waals surface area (Å²) in [6, 6.07) is 6.99. The zero-order chi connectivity index (χ0) is 24.5. The van der Waals surface area contributed by atoms with Gasteiger partial charge in [-0.3, -0.25) is 9.59 Å². The van der Waals surface area contributed by atoms with Crippen LogP contribution in [0, 0.1) is 29.1 Å². The molecule has 0 unspecified atom stereocenters. The van der Waals surface area contributed by atoms with Gasteiger partial charge in [-0.15, -0.1) is 0 Å². The van der Waals surface area contributed by atoms with Crippen molar-refractivity contribution in [2.24, 2.45) is 17.8 Å². The molecular formula is C24H25F3N4O3. The second-order valence-electron chi connectivity index (χ2n) is 8.77. The fraction of sp³-hybridized carbons (Fsp3) is 0.458. The van der Waals surface area contributed by atoms with Crippen molar-refractivity contribution in [2.45, 2.75) is 19.0 Å². The molecule has 0 aliphatic carbocycles. The maximum atomic E-state index is 13.4. The van der Waals surface area contributed by atoms with Crippen LogP contribution in [0.1, 0.15) is 34.3 Å². The van der Waals surface area contributed by atoms with Crippen molar-refractivity contribution in [3.05, 3.63) is 53.5 Å². The Hall–Kier alpha value is -3.48. The van der Waals surface area contributed by atoms with Crippen molar-refractivity contribution in [3.8, 4) is 6.07 Å². The van der Waals surface area contributed by atoms with Crippen LogP contribution in [0.25, 0.3) is 0 Å². The lowest BCUT2D eigenvalue weighted by atomic mass is 9.78. The molecule has 2 aromatic rings. The Labute approximate surface area is 195 Å². The third-order valence-corrected chi connectivity index (χ3v) is 6.94. The number of likely N-dealkylation sites (tertiary alicyclic amines) is 1. The Morgan fingerprint density at radius 1 is 1.18 bits per heavy atom. The Morgan fingerprint density at radius 2 is 1.91 bits per heavy atom. The SMILES string of the molecule is CNC(=O)[C@@H]1CN(C(=O)c2ccoc2)C[C@H]1C1CCN(c2ccc(C#N)c(C(F)(F)F)c2)CC1. The fourth-order valence-electron chi connectivity index (χ4n) is 5.15. The average molecular weight is 474 g/mol. The van der Waals surface area contributed by atoms with Crippen molar-refractivity contribution >= 4 is 17.5 Å². The lowest BCUT2D eigenvalue weighted by Gasteiger charge is -2.37. The monoisotopic (exact) mass is 474 g/mol. The number of rotatable bonds is 4. The van der Waals surface area contributed by atoms with E-state index in [9.17, 15) is 22.8 Å². The van der Waals surface area contributed by atoms with E-state index in [4.69, 9.17) is 9.68 Å². The quantitative estimate of drug-likeness (QED) is 0.733. The van der Waals surface area contributed by atoms with Gasteiger partial charge < -0.3 is 19.5 Å². The number of amides is 2. The molecule has 1 aromatic heterocycles. The van der Waals surface area contributed by atoms with Crippen molar-refractivity contribution in [1.29, 1.82) is 5.26 Å². The molecule has 180 valence electrons. The molecule has 34 heavy (non-hydrogen) atoms. The standard InChI is InChI=1S/C24H25F3N4O3/c1-29-22(32)20-13-31(23(33)17-6-9-34-14-17)12-19(20)15-4-7-30(8-5-15)18-3-2-16(11-28)21(10-18)24(25,26)27/h2-3,6,9-10,14-15,19-20H,4-5,7-8,12-13H2,1H3,(H,29,32)/t19-,20+/m0/s1. The summed E-state index contributed by atoms with van der Waals surface area (Å²) in [6.07, 6.45) is -0.411. The molecule has 0 spiro atoms. The van der Waals surface area contributed by atoms with Gasteiger partial charge in [0.1, 0.15) is 6.26 Å². The van der Waals surface area contributed by atoms with E-state index in [2.05, 4.69) is 5.32 Å². The van der Waals surface area contributed by atoms with Crippen LogP contribution in [-0.2, 0) is 11.0 Å². The number of hydrogen-bond donors (Lipinski definition) is 1. The number of nitriles is 1. The zero-order valence-corrected chi connectivity index (χ0v) is 18.6. The molecular weight excluding hydrogens is 449 g/mol. The highest BCUT2D eigenvalue weighted by atomic mass is 19.4. The van der Waals surface area contributed by atoms with Gasteiger partial charge >= 0.3 is 6.18 Å². The number of carbonyl (C=O) groups excluding carboxylic acids is 2. The van der Waals surface area contributed by atoms with Crippen LogP contribution in [0.2, 0.25) is 0 Å². The number of nitrogens with zero attached hydrogens (tertiary/aromatic N) is 3. The summed E-state index contributed by atoms with van der Waals surface area (Å²) in [5, 5.41) is 11.7. The number of piperidine rings is 1. The Balaban J connectivity index is 1.47. The maximum absolute atomic E-state index is 13.4. The number of hydrogen-bond acceptors (Lipinski definition) is 5. The molecule has 7 nitrogen and oxygen atoms in total. The first-order valence-electron chi connectivity index (χ1n) is 11.1. The molecule has 2 saturated heterocycles. The summed E-state index contributed by atoms with van der Waals surface area (Å²) < 4.78 is 45.1. The maximum Gasteiger partial charge on any atom is 0.417 e. The van der Waals surface area contributed by atoms with Gasteiger partial charge in [-0.2, -0.15) is 18.4 Å². The van der Waals surface area contributed by atoms with E-state index in [0.29, 0.717) is 50.3 Å². The van der Waals surface area contributed by atoms with Crippen LogP contribution in [0.4, 0.5) is 18.9 Å². The molecule has 10 heteroatoms. The molecule has 2 aliphatic rings. The number of furan rings is 1. The molecule has 2 fully saturated rings. The van der Waals surface area contributed by atoms with E-state index in [1.54, 1.807) is 30.1 Å². The summed E-state index contributed by atoms with van der Waals surface area (Å²) in [4.78, 5) is 29.0. The zero-order valence-electron chi connectivity index (χ0n) is 18.6. The van der Waals surface area contributed by atoms with Crippen LogP contribution in [0.5, 0.6) is 0 Å². The Bertz CT molecular complexity index is 1090. The number of carbonyl (C=O) groups is 2. The van der Waals surface area contributed by atoms with Gasteiger partial charge in [-0.1, -0.05) is 0 Å². The average Bonchev–Trinajstić information content (AvgIpc) is 3.53. The molecule has 0 saturated carbocycles. The van der Waals surface area contributed by atoms with E-state index >= 15 is 0 Å². The Morgan fingerprint density at radius 3 is 2.50 bits per heavy atom. The minimum atomic E-state index is -4.60. The third-order valence-electron chi connectivity index (χ3n) is 6.94. The van der Waals surface area contributed by atoms with Crippen LogP contribution >= 0.6 is 0 Å². The molecule has 2 aliphatic heterocycles. The molecule has 4 rings (SSSR count). The Kier molecular flexibility index (Phi) is 6.55. The lowest BCUT2D eigenvalue weighted by Crippen LogP contribution is -2.41. The largest absolute Gasteiger partial charge is 0.472 e. The molecule has 1 aromatic carbocycles. The first-order chi connectivity index (χ1) is 16.2. The molecule has 2 atom stereocenters. The number of benzene rings is 1. The van der Waals surface area contributed by atoms with Gasteiger partial charge in [0.25, 0.3) is 5.91 Å². The molecule has 1 N–H and O–H groups in total. The van der Waals surface area contributed by atoms with Crippen molar-refractivity contribution in [3.63, 3.8) is 0 Å².